The smallest absolute Gasteiger partial charge is 0.243 e. The second kappa shape index (κ2) is 8.16. The summed E-state index contributed by atoms with van der Waals surface area (Å²) in [6, 6.07) is 5.38. The SMILES string of the molecule is COC[C@@H](C)NC(=O)[C@H](C)N(c1ccc(OC)cc1)S(C)(=O)=O. The molecule has 0 unspecified atom stereocenters. The fourth-order valence-electron chi connectivity index (χ4n) is 2.19. The fourth-order valence-corrected chi connectivity index (χ4v) is 3.37. The summed E-state index contributed by atoms with van der Waals surface area (Å²) in [6.45, 7) is 3.67. The summed E-state index contributed by atoms with van der Waals surface area (Å²) in [6.07, 6.45) is 1.07. The van der Waals surface area contributed by atoms with Gasteiger partial charge >= 0.3 is 0 Å². The molecule has 0 saturated heterocycles. The number of hydrogen-bond acceptors (Lipinski definition) is 5. The van der Waals surface area contributed by atoms with Gasteiger partial charge in [-0.2, -0.15) is 0 Å². The number of benzene rings is 1. The molecule has 1 rings (SSSR count). The zero-order valence-corrected chi connectivity index (χ0v) is 14.9. The lowest BCUT2D eigenvalue weighted by atomic mass is 10.2. The average Bonchev–Trinajstić information content (AvgIpc) is 2.46. The summed E-state index contributed by atoms with van der Waals surface area (Å²) < 4.78 is 35.4. The van der Waals surface area contributed by atoms with Crippen molar-refractivity contribution in [2.24, 2.45) is 0 Å². The Bertz CT molecular complexity index is 615. The van der Waals surface area contributed by atoms with Gasteiger partial charge in [0.15, 0.2) is 0 Å². The quantitative estimate of drug-likeness (QED) is 0.760. The van der Waals surface area contributed by atoms with E-state index in [1.54, 1.807) is 38.1 Å². The third kappa shape index (κ3) is 5.40. The third-order valence-corrected chi connectivity index (χ3v) is 4.46. The van der Waals surface area contributed by atoms with Crippen LogP contribution < -0.4 is 14.4 Å². The molecule has 1 aromatic carbocycles. The van der Waals surface area contributed by atoms with Gasteiger partial charge in [0.25, 0.3) is 0 Å². The number of amides is 1. The molecular formula is C15H24N2O5S. The lowest BCUT2D eigenvalue weighted by Crippen LogP contribution is -2.50. The van der Waals surface area contributed by atoms with Gasteiger partial charge < -0.3 is 14.8 Å². The number of nitrogens with zero attached hydrogens (tertiary/aromatic N) is 1. The van der Waals surface area contributed by atoms with E-state index in [4.69, 9.17) is 9.47 Å². The lowest BCUT2D eigenvalue weighted by molar-refractivity contribution is -0.122. The minimum absolute atomic E-state index is 0.216. The van der Waals surface area contributed by atoms with E-state index in [1.807, 2.05) is 0 Å². The van der Waals surface area contributed by atoms with Crippen LogP contribution in [0.2, 0.25) is 0 Å². The zero-order valence-electron chi connectivity index (χ0n) is 14.1. The molecule has 0 heterocycles. The first-order chi connectivity index (χ1) is 10.7. The van der Waals surface area contributed by atoms with Gasteiger partial charge in [-0.3, -0.25) is 9.10 Å². The molecule has 130 valence electrons. The Labute approximate surface area is 137 Å². The molecular weight excluding hydrogens is 320 g/mol. The van der Waals surface area contributed by atoms with Crippen LogP contribution in [0, 0.1) is 0 Å². The Morgan fingerprint density at radius 3 is 2.22 bits per heavy atom. The van der Waals surface area contributed by atoms with Crippen molar-refractivity contribution in [2.45, 2.75) is 25.9 Å². The van der Waals surface area contributed by atoms with Crippen molar-refractivity contribution < 1.29 is 22.7 Å². The molecule has 0 bridgehead atoms. The van der Waals surface area contributed by atoms with E-state index in [1.165, 1.54) is 14.2 Å². The van der Waals surface area contributed by atoms with Crippen molar-refractivity contribution >= 4 is 21.6 Å². The summed E-state index contributed by atoms with van der Waals surface area (Å²) in [5.74, 6) is 0.212. The van der Waals surface area contributed by atoms with Gasteiger partial charge in [-0.15, -0.1) is 0 Å². The molecule has 23 heavy (non-hydrogen) atoms. The van der Waals surface area contributed by atoms with Gasteiger partial charge in [-0.1, -0.05) is 0 Å². The number of nitrogens with one attached hydrogen (secondary N) is 1. The number of methoxy groups -OCH3 is 2. The number of sulfonamides is 1. The lowest BCUT2D eigenvalue weighted by Gasteiger charge is -2.29. The predicted molar refractivity (Wildman–Crippen MR) is 89.3 cm³/mol. The summed E-state index contributed by atoms with van der Waals surface area (Å²) >= 11 is 0. The first-order valence-electron chi connectivity index (χ1n) is 7.13. The Morgan fingerprint density at radius 2 is 1.78 bits per heavy atom. The van der Waals surface area contributed by atoms with Crippen molar-refractivity contribution in [3.05, 3.63) is 24.3 Å². The second-order valence-electron chi connectivity index (χ2n) is 5.30. The molecule has 0 aliphatic carbocycles. The van der Waals surface area contributed by atoms with Crippen molar-refractivity contribution in [3.63, 3.8) is 0 Å². The highest BCUT2D eigenvalue weighted by Crippen LogP contribution is 2.23. The van der Waals surface area contributed by atoms with Gasteiger partial charge in [0.05, 0.1) is 25.7 Å². The normalized spacial score (nSPS) is 14.0. The van der Waals surface area contributed by atoms with Crippen LogP contribution in [-0.2, 0) is 19.6 Å². The molecule has 8 heteroatoms. The fraction of sp³-hybridized carbons (Fsp3) is 0.533. The van der Waals surface area contributed by atoms with Crippen LogP contribution in [0.4, 0.5) is 5.69 Å². The molecule has 0 aliphatic rings. The number of anilines is 1. The highest BCUT2D eigenvalue weighted by Gasteiger charge is 2.29. The van der Waals surface area contributed by atoms with Gasteiger partial charge in [0.2, 0.25) is 15.9 Å². The van der Waals surface area contributed by atoms with Crippen LogP contribution in [0.3, 0.4) is 0 Å². The van der Waals surface area contributed by atoms with Crippen LogP contribution in [0.5, 0.6) is 5.75 Å². The summed E-state index contributed by atoms with van der Waals surface area (Å²) in [4.78, 5) is 12.3. The van der Waals surface area contributed by atoms with E-state index in [-0.39, 0.29) is 6.04 Å². The van der Waals surface area contributed by atoms with Crippen LogP contribution in [0.1, 0.15) is 13.8 Å². The first kappa shape index (κ1) is 19.2. The molecule has 0 aromatic heterocycles. The standard InChI is InChI=1S/C15H24N2O5S/c1-11(10-21-3)16-15(18)12(2)17(23(5,19)20)13-6-8-14(22-4)9-7-13/h6-9,11-12H,10H2,1-5H3,(H,16,18)/t11-,12+/m1/s1. The Kier molecular flexibility index (Phi) is 6.83. The van der Waals surface area contributed by atoms with Crippen LogP contribution >= 0.6 is 0 Å². The van der Waals surface area contributed by atoms with E-state index < -0.39 is 22.0 Å². The number of hydrogen-bond donors (Lipinski definition) is 1. The monoisotopic (exact) mass is 344 g/mol. The van der Waals surface area contributed by atoms with Crippen molar-refractivity contribution in [3.8, 4) is 5.75 Å². The topological polar surface area (TPSA) is 84.9 Å². The predicted octanol–water partition coefficient (Wildman–Crippen LogP) is 1.00. The van der Waals surface area contributed by atoms with E-state index >= 15 is 0 Å². The molecule has 2 atom stereocenters. The van der Waals surface area contributed by atoms with Crippen molar-refractivity contribution in [1.82, 2.24) is 5.32 Å². The number of carbonyl (C=O) groups is 1. The molecule has 0 fully saturated rings. The molecule has 1 aromatic rings. The van der Waals surface area contributed by atoms with Gasteiger partial charge in [-0.05, 0) is 38.1 Å². The number of carbonyl (C=O) groups excluding carboxylic acids is 1. The Hall–Kier alpha value is -1.80. The van der Waals surface area contributed by atoms with Gasteiger partial charge in [0.1, 0.15) is 11.8 Å². The number of rotatable bonds is 8. The minimum Gasteiger partial charge on any atom is -0.497 e. The van der Waals surface area contributed by atoms with Gasteiger partial charge in [-0.25, -0.2) is 8.42 Å². The van der Waals surface area contributed by atoms with Crippen LogP contribution in [0.25, 0.3) is 0 Å². The zero-order chi connectivity index (χ0) is 17.6. The first-order valence-corrected chi connectivity index (χ1v) is 8.98. The highest BCUT2D eigenvalue weighted by atomic mass is 32.2. The Morgan fingerprint density at radius 1 is 1.22 bits per heavy atom. The van der Waals surface area contributed by atoms with Crippen molar-refractivity contribution in [1.29, 1.82) is 0 Å². The summed E-state index contributed by atoms with van der Waals surface area (Å²) in [5, 5.41) is 2.73. The number of ether oxygens (including phenoxy) is 2. The maximum Gasteiger partial charge on any atom is 0.243 e. The molecule has 7 nitrogen and oxygen atoms in total. The maximum atomic E-state index is 12.3. The van der Waals surface area contributed by atoms with Crippen LogP contribution in [-0.4, -0.2) is 53.5 Å². The second-order valence-corrected chi connectivity index (χ2v) is 7.16. The minimum atomic E-state index is -3.63. The molecule has 0 aliphatic heterocycles. The third-order valence-electron chi connectivity index (χ3n) is 3.22. The van der Waals surface area contributed by atoms with Crippen LogP contribution in [0.15, 0.2) is 24.3 Å². The molecule has 1 N–H and O–H groups in total. The van der Waals surface area contributed by atoms with Gasteiger partial charge in [0, 0.05) is 13.2 Å². The average molecular weight is 344 g/mol. The summed E-state index contributed by atoms with van der Waals surface area (Å²) in [5.41, 5.74) is 0.398. The largest absolute Gasteiger partial charge is 0.497 e. The van der Waals surface area contributed by atoms with E-state index in [9.17, 15) is 13.2 Å². The molecule has 0 spiro atoms. The van der Waals surface area contributed by atoms with E-state index in [2.05, 4.69) is 5.32 Å². The highest BCUT2D eigenvalue weighted by molar-refractivity contribution is 7.92. The molecule has 0 radical (unpaired) electrons. The van der Waals surface area contributed by atoms with Crippen molar-refractivity contribution in [2.75, 3.05) is 31.4 Å². The maximum absolute atomic E-state index is 12.3. The van der Waals surface area contributed by atoms with E-state index in [0.717, 1.165) is 10.6 Å². The molecule has 1 amide bonds. The summed E-state index contributed by atoms with van der Waals surface area (Å²) in [7, 11) is -0.571. The molecule has 0 saturated carbocycles. The Balaban J connectivity index is 3.04. The van der Waals surface area contributed by atoms with E-state index in [0.29, 0.717) is 18.0 Å².